The molecule has 3 atom stereocenters. The van der Waals surface area contributed by atoms with E-state index in [1.54, 1.807) is 21.3 Å². The Morgan fingerprint density at radius 1 is 1.21 bits per heavy atom. The molecule has 0 bridgehead atoms. The second-order valence-corrected chi connectivity index (χ2v) is 5.41. The van der Waals surface area contributed by atoms with Gasteiger partial charge in [0, 0.05) is 33.4 Å². The van der Waals surface area contributed by atoms with E-state index in [4.69, 9.17) is 24.7 Å². The SMILES string of the molecule is CC(N)C1CC1N.CO[SiH](OC)OC. The molecule has 3 unspecified atom stereocenters. The van der Waals surface area contributed by atoms with Gasteiger partial charge in [-0.2, -0.15) is 0 Å². The summed E-state index contributed by atoms with van der Waals surface area (Å²) in [7, 11) is 3.05. The zero-order chi connectivity index (χ0) is 11.1. The van der Waals surface area contributed by atoms with Crippen LogP contribution in [-0.4, -0.2) is 42.9 Å². The largest absolute Gasteiger partial charge is 0.483 e. The van der Waals surface area contributed by atoms with Crippen molar-refractivity contribution in [2.45, 2.75) is 25.4 Å². The van der Waals surface area contributed by atoms with Crippen LogP contribution in [0.3, 0.4) is 0 Å². The van der Waals surface area contributed by atoms with Crippen molar-refractivity contribution >= 4 is 9.53 Å². The first-order valence-electron chi connectivity index (χ1n) is 4.66. The third kappa shape index (κ3) is 5.69. The van der Waals surface area contributed by atoms with Gasteiger partial charge in [0.15, 0.2) is 0 Å². The molecule has 0 aromatic rings. The Labute approximate surface area is 87.7 Å². The van der Waals surface area contributed by atoms with E-state index in [-0.39, 0.29) is 0 Å². The van der Waals surface area contributed by atoms with Gasteiger partial charge >= 0.3 is 9.53 Å². The van der Waals surface area contributed by atoms with E-state index in [0.717, 1.165) is 6.42 Å². The molecule has 1 aliphatic rings. The minimum atomic E-state index is -1.67. The van der Waals surface area contributed by atoms with Crippen molar-refractivity contribution in [1.82, 2.24) is 0 Å². The van der Waals surface area contributed by atoms with E-state index in [0.29, 0.717) is 18.0 Å². The lowest BCUT2D eigenvalue weighted by molar-refractivity contribution is 0.163. The smallest absolute Gasteiger partial charge is 0.379 e. The second kappa shape index (κ2) is 7.33. The Morgan fingerprint density at radius 2 is 1.57 bits per heavy atom. The van der Waals surface area contributed by atoms with Gasteiger partial charge in [0.05, 0.1) is 0 Å². The van der Waals surface area contributed by atoms with E-state index in [1.165, 1.54) is 0 Å². The van der Waals surface area contributed by atoms with Gasteiger partial charge in [-0.3, -0.25) is 0 Å². The lowest BCUT2D eigenvalue weighted by Crippen LogP contribution is -2.21. The lowest BCUT2D eigenvalue weighted by atomic mass is 10.2. The van der Waals surface area contributed by atoms with E-state index >= 15 is 0 Å². The Kier molecular flexibility index (Phi) is 7.34. The van der Waals surface area contributed by atoms with E-state index in [1.807, 2.05) is 6.92 Å². The molecule has 86 valence electrons. The Hall–Kier alpha value is 0.0169. The zero-order valence-electron chi connectivity index (χ0n) is 9.40. The van der Waals surface area contributed by atoms with Crippen molar-refractivity contribution in [3.8, 4) is 0 Å². The summed E-state index contributed by atoms with van der Waals surface area (Å²) in [5, 5.41) is 0. The molecule has 4 N–H and O–H groups in total. The van der Waals surface area contributed by atoms with Crippen LogP contribution in [-0.2, 0) is 13.3 Å². The summed E-state index contributed by atoms with van der Waals surface area (Å²) in [5.41, 5.74) is 11.0. The maximum absolute atomic E-state index is 5.51. The average Bonchev–Trinajstić information content (AvgIpc) is 2.87. The van der Waals surface area contributed by atoms with Crippen LogP contribution in [0.15, 0.2) is 0 Å². The van der Waals surface area contributed by atoms with Crippen LogP contribution in [0.2, 0.25) is 0 Å². The summed E-state index contributed by atoms with van der Waals surface area (Å²) in [5.74, 6) is 0.625. The number of nitrogens with two attached hydrogens (primary N) is 2. The molecular weight excluding hydrogens is 200 g/mol. The normalized spacial score (nSPS) is 26.8. The highest BCUT2D eigenvalue weighted by Crippen LogP contribution is 2.29. The summed E-state index contributed by atoms with van der Waals surface area (Å²) < 4.78 is 14.2. The highest BCUT2D eigenvalue weighted by Gasteiger charge is 2.35. The first-order chi connectivity index (χ1) is 6.56. The number of rotatable bonds is 4. The van der Waals surface area contributed by atoms with Crippen molar-refractivity contribution in [1.29, 1.82) is 0 Å². The van der Waals surface area contributed by atoms with Gasteiger partial charge in [-0.05, 0) is 19.3 Å². The maximum Gasteiger partial charge on any atom is 0.483 e. The molecule has 0 aromatic heterocycles. The summed E-state index contributed by atoms with van der Waals surface area (Å²) in [4.78, 5) is 0. The molecule has 1 fully saturated rings. The van der Waals surface area contributed by atoms with Gasteiger partial charge in [0.1, 0.15) is 0 Å². The van der Waals surface area contributed by atoms with Crippen molar-refractivity contribution < 1.29 is 13.3 Å². The predicted molar refractivity (Wildman–Crippen MR) is 57.9 cm³/mol. The molecule has 1 saturated carbocycles. The molecule has 5 nitrogen and oxygen atoms in total. The summed E-state index contributed by atoms with van der Waals surface area (Å²) >= 11 is 0. The minimum Gasteiger partial charge on any atom is -0.379 e. The first-order valence-corrected chi connectivity index (χ1v) is 6.07. The summed E-state index contributed by atoms with van der Waals surface area (Å²) in [6, 6.07) is 0.731. The molecule has 0 aromatic carbocycles. The summed E-state index contributed by atoms with van der Waals surface area (Å²) in [6.45, 7) is 2.01. The zero-order valence-corrected chi connectivity index (χ0v) is 10.6. The van der Waals surface area contributed by atoms with Crippen LogP contribution in [0.4, 0.5) is 0 Å². The Balaban J connectivity index is 0.000000241. The van der Waals surface area contributed by atoms with Crippen molar-refractivity contribution in [3.63, 3.8) is 0 Å². The molecule has 0 aliphatic heterocycles. The van der Waals surface area contributed by atoms with Gasteiger partial charge in [0.25, 0.3) is 0 Å². The average molecular weight is 222 g/mol. The first kappa shape index (κ1) is 14.0. The fourth-order valence-corrected chi connectivity index (χ4v) is 1.71. The van der Waals surface area contributed by atoms with Crippen LogP contribution in [0.5, 0.6) is 0 Å². The van der Waals surface area contributed by atoms with Crippen LogP contribution >= 0.6 is 0 Å². The molecule has 0 amide bonds. The van der Waals surface area contributed by atoms with Gasteiger partial charge in [-0.15, -0.1) is 0 Å². The fraction of sp³-hybridized carbons (Fsp3) is 1.00. The van der Waals surface area contributed by atoms with Crippen LogP contribution in [0, 0.1) is 5.92 Å². The summed E-state index contributed by atoms with van der Waals surface area (Å²) in [6.07, 6.45) is 1.14. The monoisotopic (exact) mass is 222 g/mol. The molecule has 0 radical (unpaired) electrons. The standard InChI is InChI=1S/C5H12N2.C3H10O3Si/c1-3(6)4-2-5(4)7;1-4-7(5-2)6-3/h3-5H,2,6-7H2,1H3;7H,1-3H3. The van der Waals surface area contributed by atoms with Gasteiger partial charge in [0.2, 0.25) is 0 Å². The molecule has 0 saturated heterocycles. The van der Waals surface area contributed by atoms with Crippen molar-refractivity contribution in [2.24, 2.45) is 17.4 Å². The van der Waals surface area contributed by atoms with Gasteiger partial charge < -0.3 is 24.7 Å². The van der Waals surface area contributed by atoms with Crippen LogP contribution in [0.25, 0.3) is 0 Å². The molecule has 0 heterocycles. The lowest BCUT2D eigenvalue weighted by Gasteiger charge is -2.05. The molecule has 14 heavy (non-hydrogen) atoms. The molecule has 1 rings (SSSR count). The number of hydrogen-bond acceptors (Lipinski definition) is 5. The maximum atomic E-state index is 5.51. The Morgan fingerprint density at radius 3 is 1.57 bits per heavy atom. The molecule has 6 heteroatoms. The Bertz CT molecular complexity index is 139. The third-order valence-corrected chi connectivity index (χ3v) is 3.30. The van der Waals surface area contributed by atoms with Crippen LogP contribution in [0.1, 0.15) is 13.3 Å². The molecule has 1 aliphatic carbocycles. The van der Waals surface area contributed by atoms with E-state index in [9.17, 15) is 0 Å². The van der Waals surface area contributed by atoms with E-state index in [2.05, 4.69) is 0 Å². The van der Waals surface area contributed by atoms with Gasteiger partial charge in [-0.1, -0.05) is 0 Å². The van der Waals surface area contributed by atoms with Crippen molar-refractivity contribution in [3.05, 3.63) is 0 Å². The topological polar surface area (TPSA) is 79.7 Å². The second-order valence-electron chi connectivity index (χ2n) is 3.42. The highest BCUT2D eigenvalue weighted by molar-refractivity contribution is 6.36. The number of hydrogen-bond donors (Lipinski definition) is 2. The van der Waals surface area contributed by atoms with Crippen molar-refractivity contribution in [2.75, 3.05) is 21.3 Å². The minimum absolute atomic E-state index is 0.315. The fourth-order valence-electron chi connectivity index (χ4n) is 1.13. The highest BCUT2D eigenvalue weighted by atomic mass is 28.3. The predicted octanol–water partition coefficient (Wildman–Crippen LogP) is -0.676. The van der Waals surface area contributed by atoms with E-state index < -0.39 is 9.53 Å². The molecule has 0 spiro atoms. The molecular formula is C8H22N2O3Si. The van der Waals surface area contributed by atoms with Crippen LogP contribution < -0.4 is 11.5 Å². The third-order valence-electron chi connectivity index (χ3n) is 2.14. The quantitative estimate of drug-likeness (QED) is 0.616. The van der Waals surface area contributed by atoms with Gasteiger partial charge in [-0.25, -0.2) is 0 Å².